The normalized spacial score (nSPS) is 10.9. The van der Waals surface area contributed by atoms with Crippen LogP contribution >= 0.6 is 34.5 Å². The zero-order valence-electron chi connectivity index (χ0n) is 13.5. The number of halogens is 2. The molecule has 1 N–H and O–H groups in total. The molecule has 130 valence electrons. The summed E-state index contributed by atoms with van der Waals surface area (Å²) in [5, 5.41) is 16.8. The second kappa shape index (κ2) is 7.51. The van der Waals surface area contributed by atoms with E-state index in [1.807, 2.05) is 0 Å². The molecule has 0 radical (unpaired) electrons. The molecule has 0 unspecified atom stereocenters. The number of carbonyl (C=O) groups is 1. The summed E-state index contributed by atoms with van der Waals surface area (Å²) in [7, 11) is 0. The number of aromatic nitrogens is 3. The Labute approximate surface area is 158 Å². The fourth-order valence-corrected chi connectivity index (χ4v) is 3.73. The lowest BCUT2D eigenvalue weighted by Gasteiger charge is -2.06. The number of carbonyl (C=O) groups excluding carboxylic acids is 1. The fourth-order valence-electron chi connectivity index (χ4n) is 2.31. The predicted molar refractivity (Wildman–Crippen MR) is 98.6 cm³/mol. The zero-order chi connectivity index (χ0) is 18.0. The minimum Gasteiger partial charge on any atom is -0.360 e. The van der Waals surface area contributed by atoms with E-state index < -0.39 is 5.91 Å². The topological polar surface area (TPSA) is 80.9 Å². The van der Waals surface area contributed by atoms with Crippen molar-refractivity contribution in [3.8, 4) is 11.3 Å². The number of nitrogens with zero attached hydrogens (tertiary/aromatic N) is 3. The van der Waals surface area contributed by atoms with Gasteiger partial charge in [0.15, 0.2) is 0 Å². The second-order valence-corrected chi connectivity index (χ2v) is 7.14. The standard InChI is InChI=1S/C16H14Cl2N4O2S/c1-3-5-11-20-21-16(25-11)19-15(23)12-8(2)24-22-14(12)13-9(17)6-4-7-10(13)18/h4,6-7H,3,5H2,1-2H3,(H,19,21,23). The zero-order valence-corrected chi connectivity index (χ0v) is 15.8. The lowest BCUT2D eigenvalue weighted by Crippen LogP contribution is -2.13. The maximum absolute atomic E-state index is 12.7. The van der Waals surface area contributed by atoms with Gasteiger partial charge in [-0.3, -0.25) is 10.1 Å². The van der Waals surface area contributed by atoms with E-state index in [2.05, 4.69) is 27.6 Å². The second-order valence-electron chi connectivity index (χ2n) is 5.26. The lowest BCUT2D eigenvalue weighted by molar-refractivity contribution is 0.102. The van der Waals surface area contributed by atoms with E-state index in [9.17, 15) is 4.79 Å². The molecule has 0 aliphatic heterocycles. The number of anilines is 1. The van der Waals surface area contributed by atoms with Gasteiger partial charge in [0.25, 0.3) is 5.91 Å². The smallest absolute Gasteiger partial charge is 0.263 e. The number of hydrogen-bond donors (Lipinski definition) is 1. The van der Waals surface area contributed by atoms with Crippen molar-refractivity contribution >= 4 is 45.6 Å². The van der Waals surface area contributed by atoms with Crippen molar-refractivity contribution in [2.24, 2.45) is 0 Å². The molecule has 1 aromatic carbocycles. The number of benzene rings is 1. The van der Waals surface area contributed by atoms with E-state index in [1.165, 1.54) is 11.3 Å². The summed E-state index contributed by atoms with van der Waals surface area (Å²) in [5.74, 6) is -0.0364. The highest BCUT2D eigenvalue weighted by molar-refractivity contribution is 7.15. The summed E-state index contributed by atoms with van der Waals surface area (Å²) in [6.45, 7) is 3.71. The van der Waals surface area contributed by atoms with E-state index in [0.29, 0.717) is 32.2 Å². The van der Waals surface area contributed by atoms with Crippen molar-refractivity contribution < 1.29 is 9.32 Å². The summed E-state index contributed by atoms with van der Waals surface area (Å²) in [5.41, 5.74) is 1.02. The van der Waals surface area contributed by atoms with Crippen LogP contribution in [0.15, 0.2) is 22.7 Å². The average molecular weight is 397 g/mol. The van der Waals surface area contributed by atoms with Crippen molar-refractivity contribution in [3.05, 3.63) is 44.6 Å². The van der Waals surface area contributed by atoms with Gasteiger partial charge in [0.05, 0.1) is 10.0 Å². The van der Waals surface area contributed by atoms with Crippen LogP contribution in [0.5, 0.6) is 0 Å². The Hall–Kier alpha value is -1.96. The Kier molecular flexibility index (Phi) is 5.36. The van der Waals surface area contributed by atoms with Crippen molar-refractivity contribution in [1.29, 1.82) is 0 Å². The minimum absolute atomic E-state index is 0.266. The van der Waals surface area contributed by atoms with Crippen LogP contribution in [0.4, 0.5) is 5.13 Å². The third-order valence-electron chi connectivity index (χ3n) is 3.44. The summed E-state index contributed by atoms with van der Waals surface area (Å²) in [4.78, 5) is 12.7. The predicted octanol–water partition coefficient (Wildman–Crippen LogP) is 5.01. The first-order valence-electron chi connectivity index (χ1n) is 7.55. The highest BCUT2D eigenvalue weighted by Crippen LogP contribution is 2.37. The van der Waals surface area contributed by atoms with Crippen molar-refractivity contribution in [3.63, 3.8) is 0 Å². The quantitative estimate of drug-likeness (QED) is 0.654. The van der Waals surface area contributed by atoms with Crippen LogP contribution in [0.2, 0.25) is 10.0 Å². The van der Waals surface area contributed by atoms with Gasteiger partial charge in [0.1, 0.15) is 22.0 Å². The van der Waals surface area contributed by atoms with Crippen molar-refractivity contribution in [2.75, 3.05) is 5.32 Å². The summed E-state index contributed by atoms with van der Waals surface area (Å²) < 4.78 is 5.20. The van der Waals surface area contributed by atoms with E-state index >= 15 is 0 Å². The van der Waals surface area contributed by atoms with Gasteiger partial charge in [0, 0.05) is 12.0 Å². The molecule has 0 fully saturated rings. The van der Waals surface area contributed by atoms with Gasteiger partial charge in [0.2, 0.25) is 5.13 Å². The number of hydrogen-bond acceptors (Lipinski definition) is 6. The SMILES string of the molecule is CCCc1nnc(NC(=O)c2c(-c3c(Cl)cccc3Cl)noc2C)s1. The third kappa shape index (κ3) is 3.68. The maximum Gasteiger partial charge on any atom is 0.263 e. The molecule has 2 aromatic heterocycles. The van der Waals surface area contributed by atoms with E-state index in [4.69, 9.17) is 27.7 Å². The highest BCUT2D eigenvalue weighted by atomic mass is 35.5. The number of rotatable bonds is 5. The average Bonchev–Trinajstić information content (AvgIpc) is 3.14. The first-order chi connectivity index (χ1) is 12.0. The van der Waals surface area contributed by atoms with Crippen LogP contribution in [0.1, 0.15) is 34.5 Å². The van der Waals surface area contributed by atoms with Crippen LogP contribution in [0, 0.1) is 6.92 Å². The maximum atomic E-state index is 12.7. The van der Waals surface area contributed by atoms with Crippen LogP contribution in [0.25, 0.3) is 11.3 Å². The van der Waals surface area contributed by atoms with E-state index in [-0.39, 0.29) is 5.56 Å². The molecule has 3 aromatic rings. The van der Waals surface area contributed by atoms with Gasteiger partial charge in [-0.25, -0.2) is 0 Å². The van der Waals surface area contributed by atoms with Crippen LogP contribution in [-0.2, 0) is 6.42 Å². The summed E-state index contributed by atoms with van der Waals surface area (Å²) in [6, 6.07) is 5.07. The van der Waals surface area contributed by atoms with Gasteiger partial charge >= 0.3 is 0 Å². The molecule has 0 saturated carbocycles. The molecule has 2 heterocycles. The Balaban J connectivity index is 1.94. The van der Waals surface area contributed by atoms with Crippen LogP contribution in [0.3, 0.4) is 0 Å². The molecule has 3 rings (SSSR count). The molecule has 0 aliphatic rings. The number of nitrogens with one attached hydrogen (secondary N) is 1. The van der Waals surface area contributed by atoms with Crippen LogP contribution < -0.4 is 5.32 Å². The Morgan fingerprint density at radius 2 is 2.00 bits per heavy atom. The third-order valence-corrected chi connectivity index (χ3v) is 4.97. The first kappa shape index (κ1) is 17.8. The molecule has 25 heavy (non-hydrogen) atoms. The monoisotopic (exact) mass is 396 g/mol. The molecular formula is C16H14Cl2N4O2S. The molecule has 0 aliphatic carbocycles. The van der Waals surface area contributed by atoms with Gasteiger partial charge < -0.3 is 4.52 Å². The Morgan fingerprint density at radius 1 is 1.28 bits per heavy atom. The fraction of sp³-hybridized carbons (Fsp3) is 0.250. The van der Waals surface area contributed by atoms with E-state index in [1.54, 1.807) is 25.1 Å². The van der Waals surface area contributed by atoms with Gasteiger partial charge in [-0.2, -0.15) is 0 Å². The molecule has 0 bridgehead atoms. The first-order valence-corrected chi connectivity index (χ1v) is 9.12. The number of aryl methyl sites for hydroxylation is 2. The molecule has 0 atom stereocenters. The lowest BCUT2D eigenvalue weighted by atomic mass is 10.1. The van der Waals surface area contributed by atoms with Gasteiger partial charge in [-0.15, -0.1) is 10.2 Å². The van der Waals surface area contributed by atoms with E-state index in [0.717, 1.165) is 17.8 Å². The van der Waals surface area contributed by atoms with Crippen molar-refractivity contribution in [2.45, 2.75) is 26.7 Å². The van der Waals surface area contributed by atoms with Crippen molar-refractivity contribution in [1.82, 2.24) is 15.4 Å². The summed E-state index contributed by atoms with van der Waals surface area (Å²) in [6.07, 6.45) is 1.78. The Morgan fingerprint density at radius 3 is 2.68 bits per heavy atom. The molecule has 6 nitrogen and oxygen atoms in total. The molecule has 0 spiro atoms. The molecule has 0 saturated heterocycles. The van der Waals surface area contributed by atoms with Crippen LogP contribution in [-0.4, -0.2) is 21.3 Å². The Bertz CT molecular complexity index is 903. The largest absolute Gasteiger partial charge is 0.360 e. The van der Waals surface area contributed by atoms with Gasteiger partial charge in [-0.05, 0) is 25.5 Å². The molecule has 9 heteroatoms. The molecular weight excluding hydrogens is 383 g/mol. The minimum atomic E-state index is -0.399. The summed E-state index contributed by atoms with van der Waals surface area (Å²) >= 11 is 13.8. The molecule has 1 amide bonds. The highest BCUT2D eigenvalue weighted by Gasteiger charge is 2.25. The van der Waals surface area contributed by atoms with Gasteiger partial charge in [-0.1, -0.05) is 52.7 Å². The number of amides is 1.